The van der Waals surface area contributed by atoms with Gasteiger partial charge in [-0.3, -0.25) is 15.5 Å². The quantitative estimate of drug-likeness (QED) is 0.506. The van der Waals surface area contributed by atoms with E-state index in [1.807, 2.05) is 0 Å². The summed E-state index contributed by atoms with van der Waals surface area (Å²) in [5, 5.41) is 14.8. The molecule has 6 nitrogen and oxygen atoms in total. The van der Waals surface area contributed by atoms with Gasteiger partial charge in [0.15, 0.2) is 0 Å². The highest BCUT2D eigenvalue weighted by molar-refractivity contribution is 5.84. The van der Waals surface area contributed by atoms with E-state index in [-0.39, 0.29) is 5.69 Å². The number of halogens is 3. The Labute approximate surface area is 134 Å². The van der Waals surface area contributed by atoms with E-state index in [4.69, 9.17) is 4.74 Å². The van der Waals surface area contributed by atoms with Crippen LogP contribution in [0.2, 0.25) is 0 Å². The van der Waals surface area contributed by atoms with Crippen molar-refractivity contribution in [2.45, 2.75) is 6.18 Å². The number of hydrogen-bond donors (Lipinski definition) is 1. The standard InChI is InChI=1S/C15H12F3N3O3/c1-24-14-5-3-2-4-10(14)9-19-20-12-7-6-11(15(16,17)18)8-13(12)21(22)23/h2-9,20H,1H3/b19-9+. The first-order chi connectivity index (χ1) is 11.3. The van der Waals surface area contributed by atoms with Crippen LogP contribution in [0.5, 0.6) is 5.75 Å². The molecule has 24 heavy (non-hydrogen) atoms. The molecule has 0 amide bonds. The molecule has 0 aromatic heterocycles. The molecule has 0 spiro atoms. The van der Waals surface area contributed by atoms with Gasteiger partial charge >= 0.3 is 6.18 Å². The molecule has 0 bridgehead atoms. The van der Waals surface area contributed by atoms with E-state index in [2.05, 4.69) is 10.5 Å². The number of nitrogens with zero attached hydrogens (tertiary/aromatic N) is 2. The molecule has 0 atom stereocenters. The van der Waals surface area contributed by atoms with Gasteiger partial charge in [0, 0.05) is 11.6 Å². The lowest BCUT2D eigenvalue weighted by atomic mass is 10.1. The number of benzene rings is 2. The Morgan fingerprint density at radius 2 is 1.96 bits per heavy atom. The van der Waals surface area contributed by atoms with Gasteiger partial charge in [-0.2, -0.15) is 18.3 Å². The van der Waals surface area contributed by atoms with Crippen LogP contribution in [-0.2, 0) is 6.18 Å². The van der Waals surface area contributed by atoms with E-state index < -0.39 is 22.4 Å². The Morgan fingerprint density at radius 1 is 1.25 bits per heavy atom. The van der Waals surface area contributed by atoms with Crippen LogP contribution in [0.25, 0.3) is 0 Å². The smallest absolute Gasteiger partial charge is 0.416 e. The number of ether oxygens (including phenoxy) is 1. The number of alkyl halides is 3. The first-order valence-electron chi connectivity index (χ1n) is 6.60. The summed E-state index contributed by atoms with van der Waals surface area (Å²) in [5.41, 5.74) is 1.000. The van der Waals surface area contributed by atoms with Crippen molar-refractivity contribution < 1.29 is 22.8 Å². The number of hydrazone groups is 1. The maximum atomic E-state index is 12.6. The molecule has 0 saturated heterocycles. The fourth-order valence-corrected chi connectivity index (χ4v) is 1.90. The average Bonchev–Trinajstić information content (AvgIpc) is 2.54. The van der Waals surface area contributed by atoms with E-state index in [9.17, 15) is 23.3 Å². The molecule has 0 radical (unpaired) electrons. The third-order valence-electron chi connectivity index (χ3n) is 3.05. The molecule has 2 aromatic rings. The summed E-state index contributed by atoms with van der Waals surface area (Å²) < 4.78 is 43.0. The Morgan fingerprint density at radius 3 is 2.58 bits per heavy atom. The van der Waals surface area contributed by atoms with Gasteiger partial charge in [0.25, 0.3) is 5.69 Å². The monoisotopic (exact) mass is 339 g/mol. The van der Waals surface area contributed by atoms with Crippen LogP contribution in [0.3, 0.4) is 0 Å². The lowest BCUT2D eigenvalue weighted by Gasteiger charge is -2.08. The number of nitro groups is 1. The van der Waals surface area contributed by atoms with Crippen LogP contribution in [-0.4, -0.2) is 18.2 Å². The zero-order valence-electron chi connectivity index (χ0n) is 12.4. The summed E-state index contributed by atoms with van der Waals surface area (Å²) in [6, 6.07) is 9.05. The number of anilines is 1. The highest BCUT2D eigenvalue weighted by atomic mass is 19.4. The maximum absolute atomic E-state index is 12.6. The predicted molar refractivity (Wildman–Crippen MR) is 82.3 cm³/mol. The van der Waals surface area contributed by atoms with Gasteiger partial charge in [-0.1, -0.05) is 12.1 Å². The average molecular weight is 339 g/mol. The molecule has 0 fully saturated rings. The highest BCUT2D eigenvalue weighted by Crippen LogP contribution is 2.34. The van der Waals surface area contributed by atoms with Crippen molar-refractivity contribution in [3.05, 3.63) is 63.7 Å². The molecule has 2 aromatic carbocycles. The minimum atomic E-state index is -4.66. The lowest BCUT2D eigenvalue weighted by Crippen LogP contribution is -2.06. The summed E-state index contributed by atoms with van der Waals surface area (Å²) in [5.74, 6) is 0.532. The molecule has 0 unspecified atom stereocenters. The summed E-state index contributed by atoms with van der Waals surface area (Å²) >= 11 is 0. The fraction of sp³-hybridized carbons (Fsp3) is 0.133. The Kier molecular flexibility index (Phi) is 5.02. The molecule has 0 saturated carbocycles. The zero-order chi connectivity index (χ0) is 17.7. The van der Waals surface area contributed by atoms with E-state index in [0.29, 0.717) is 17.4 Å². The topological polar surface area (TPSA) is 76.8 Å². The van der Waals surface area contributed by atoms with Gasteiger partial charge in [-0.05, 0) is 24.3 Å². The van der Waals surface area contributed by atoms with Crippen molar-refractivity contribution >= 4 is 17.6 Å². The molecular formula is C15H12F3N3O3. The Hall–Kier alpha value is -3.10. The molecule has 1 N–H and O–H groups in total. The predicted octanol–water partition coefficient (Wildman–Crippen LogP) is 4.07. The zero-order valence-corrected chi connectivity index (χ0v) is 12.4. The van der Waals surface area contributed by atoms with E-state index in [1.54, 1.807) is 24.3 Å². The fourth-order valence-electron chi connectivity index (χ4n) is 1.90. The molecule has 9 heteroatoms. The van der Waals surface area contributed by atoms with Crippen molar-refractivity contribution in [3.63, 3.8) is 0 Å². The van der Waals surface area contributed by atoms with Gasteiger partial charge in [0.05, 0.1) is 23.8 Å². The summed E-state index contributed by atoms with van der Waals surface area (Å²) in [6.07, 6.45) is -3.32. The largest absolute Gasteiger partial charge is 0.496 e. The molecule has 0 aliphatic carbocycles. The summed E-state index contributed by atoms with van der Waals surface area (Å²) in [6.45, 7) is 0. The minimum absolute atomic E-state index is 0.154. The van der Waals surface area contributed by atoms with Crippen molar-refractivity contribution in [2.75, 3.05) is 12.5 Å². The van der Waals surface area contributed by atoms with Crippen LogP contribution in [0.1, 0.15) is 11.1 Å². The highest BCUT2D eigenvalue weighted by Gasteiger charge is 2.33. The second-order valence-electron chi connectivity index (χ2n) is 4.60. The van der Waals surface area contributed by atoms with Crippen molar-refractivity contribution in [3.8, 4) is 5.75 Å². The Bertz CT molecular complexity index is 776. The van der Waals surface area contributed by atoms with Crippen LogP contribution in [0, 0.1) is 10.1 Å². The molecular weight excluding hydrogens is 327 g/mol. The van der Waals surface area contributed by atoms with Crippen molar-refractivity contribution in [1.29, 1.82) is 0 Å². The maximum Gasteiger partial charge on any atom is 0.416 e. The summed E-state index contributed by atoms with van der Waals surface area (Å²) in [7, 11) is 1.47. The second kappa shape index (κ2) is 6.99. The number of hydrogen-bond acceptors (Lipinski definition) is 5. The SMILES string of the molecule is COc1ccccc1/C=N/Nc1ccc(C(F)(F)F)cc1[N+](=O)[O-]. The first-order valence-corrected chi connectivity index (χ1v) is 6.60. The van der Waals surface area contributed by atoms with Crippen LogP contribution < -0.4 is 10.2 Å². The number of para-hydroxylation sites is 1. The van der Waals surface area contributed by atoms with Gasteiger partial charge in [-0.25, -0.2) is 0 Å². The molecule has 126 valence electrons. The van der Waals surface area contributed by atoms with Crippen LogP contribution in [0.15, 0.2) is 47.6 Å². The van der Waals surface area contributed by atoms with E-state index >= 15 is 0 Å². The Balaban J connectivity index is 2.26. The molecule has 0 aliphatic rings. The molecule has 0 heterocycles. The molecule has 2 rings (SSSR count). The van der Waals surface area contributed by atoms with Gasteiger partial charge < -0.3 is 4.74 Å². The minimum Gasteiger partial charge on any atom is -0.496 e. The second-order valence-corrected chi connectivity index (χ2v) is 4.60. The number of methoxy groups -OCH3 is 1. The first kappa shape index (κ1) is 17.3. The van der Waals surface area contributed by atoms with Gasteiger partial charge in [0.1, 0.15) is 11.4 Å². The third kappa shape index (κ3) is 4.00. The van der Waals surface area contributed by atoms with Crippen LogP contribution in [0.4, 0.5) is 24.5 Å². The third-order valence-corrected chi connectivity index (χ3v) is 3.05. The number of nitro benzene ring substituents is 1. The summed E-state index contributed by atoms with van der Waals surface area (Å²) in [4.78, 5) is 10.1. The molecule has 0 aliphatic heterocycles. The number of nitrogens with one attached hydrogen (secondary N) is 1. The number of rotatable bonds is 5. The van der Waals surface area contributed by atoms with Gasteiger partial charge in [-0.15, -0.1) is 0 Å². The van der Waals surface area contributed by atoms with Gasteiger partial charge in [0.2, 0.25) is 0 Å². The van der Waals surface area contributed by atoms with E-state index in [1.165, 1.54) is 13.3 Å². The lowest BCUT2D eigenvalue weighted by molar-refractivity contribution is -0.384. The van der Waals surface area contributed by atoms with Crippen molar-refractivity contribution in [1.82, 2.24) is 0 Å². The normalized spacial score (nSPS) is 11.5. The van der Waals surface area contributed by atoms with Crippen molar-refractivity contribution in [2.24, 2.45) is 5.10 Å². The van der Waals surface area contributed by atoms with Crippen LogP contribution >= 0.6 is 0 Å². The van der Waals surface area contributed by atoms with E-state index in [0.717, 1.165) is 12.1 Å².